The minimum absolute atomic E-state index is 0. The number of aromatic hydroxyl groups is 2. The van der Waals surface area contributed by atoms with Crippen molar-refractivity contribution in [1.29, 1.82) is 0 Å². The Morgan fingerprint density at radius 3 is 1.97 bits per heavy atom. The first kappa shape index (κ1) is 20.8. The molecule has 0 bridgehead atoms. The van der Waals surface area contributed by atoms with Crippen LogP contribution in [-0.4, -0.2) is 21.3 Å². The number of ether oxygens (including phenoxy) is 2. The first-order valence-corrected chi connectivity index (χ1v) is 8.61. The molecule has 0 amide bonds. The van der Waals surface area contributed by atoms with Crippen molar-refractivity contribution < 1.29 is 46.9 Å². The molecule has 3 aromatic carbocycles. The van der Waals surface area contributed by atoms with Crippen LogP contribution in [0.4, 0.5) is 0 Å². The van der Waals surface area contributed by atoms with E-state index in [1.807, 2.05) is 12.1 Å². The molecule has 0 aromatic heterocycles. The number of esters is 1. The molecule has 6 nitrogen and oxygen atoms in total. The molecule has 148 valence electrons. The molecule has 0 atom stereocenters. The summed E-state index contributed by atoms with van der Waals surface area (Å²) in [6.07, 6.45) is 0. The molecule has 0 saturated carbocycles. The zero-order valence-electron chi connectivity index (χ0n) is 14.5. The Morgan fingerprint density at radius 2 is 1.41 bits per heavy atom. The van der Waals surface area contributed by atoms with E-state index in [9.17, 15) is 15.0 Å². The first-order valence-electron chi connectivity index (χ1n) is 8.20. The summed E-state index contributed by atoms with van der Waals surface area (Å²) in [5.41, 5.74) is 1.28. The second kappa shape index (κ2) is 7.83. The second-order valence-corrected chi connectivity index (χ2v) is 6.35. The number of hydrogen-bond donors (Lipinski definition) is 2. The monoisotopic (exact) mass is 587 g/mol. The van der Waals surface area contributed by atoms with Gasteiger partial charge in [-0.1, -0.05) is 30.4 Å². The van der Waals surface area contributed by atoms with E-state index in [0.29, 0.717) is 33.8 Å². The molecular formula is C21H12AuNO5S. The van der Waals surface area contributed by atoms with Crippen molar-refractivity contribution in [3.8, 4) is 23.0 Å². The van der Waals surface area contributed by atoms with Crippen LogP contribution >= 0.6 is 12.2 Å². The van der Waals surface area contributed by atoms with Crippen LogP contribution in [0.25, 0.3) is 5.41 Å². The molecule has 0 unspecified atom stereocenters. The summed E-state index contributed by atoms with van der Waals surface area (Å²) in [5, 5.41) is 28.1. The van der Waals surface area contributed by atoms with Gasteiger partial charge >= 0.3 is 28.3 Å². The number of carbonyl (C=O) groups is 1. The van der Waals surface area contributed by atoms with Crippen molar-refractivity contribution in [3.05, 3.63) is 88.3 Å². The summed E-state index contributed by atoms with van der Waals surface area (Å²) in [6, 6.07) is 16.6. The summed E-state index contributed by atoms with van der Waals surface area (Å²) in [6.45, 7) is 0. The molecule has 0 fully saturated rings. The van der Waals surface area contributed by atoms with Gasteiger partial charge in [-0.3, -0.25) is 0 Å². The van der Waals surface area contributed by atoms with Crippen molar-refractivity contribution in [3.63, 3.8) is 0 Å². The van der Waals surface area contributed by atoms with Gasteiger partial charge in [-0.2, -0.15) is 5.16 Å². The molecule has 2 aliphatic rings. The zero-order valence-corrected chi connectivity index (χ0v) is 17.5. The summed E-state index contributed by atoms with van der Waals surface area (Å²) in [7, 11) is 0. The first-order chi connectivity index (χ1) is 13.5. The zero-order chi connectivity index (χ0) is 19.9. The van der Waals surface area contributed by atoms with Crippen molar-refractivity contribution >= 4 is 23.3 Å². The summed E-state index contributed by atoms with van der Waals surface area (Å²) < 4.78 is 11.8. The maximum atomic E-state index is 12.5. The number of isothiocyanates is 1. The standard InChI is InChI=1S/C20H12O5.CNS.Au/c21-11-5-7-15-17(9-11)24-18-10-12(22)6-8-16(18)20(15)14-4-2-1-3-13(14)19(23)25-20;2-1-3;/h1-10,21-22H;;/q;-1;+1. The van der Waals surface area contributed by atoms with Gasteiger partial charge in [-0.25, -0.2) is 4.79 Å². The topological polar surface area (TPSA) is 98.3 Å². The summed E-state index contributed by atoms with van der Waals surface area (Å²) >= 11 is 3.70. The minimum Gasteiger partial charge on any atom is -0.753 e. The van der Waals surface area contributed by atoms with Gasteiger partial charge in [0.1, 0.15) is 23.0 Å². The van der Waals surface area contributed by atoms with Crippen LogP contribution in [0.5, 0.6) is 23.0 Å². The Hall–Kier alpha value is -2.93. The molecule has 8 heteroatoms. The molecule has 0 radical (unpaired) electrons. The number of hydrogen-bond acceptors (Lipinski definition) is 6. The molecule has 0 saturated heterocycles. The number of fused-ring (bicyclic) bond motifs is 6. The molecule has 3 aromatic rings. The largest absolute Gasteiger partial charge is 1.00 e. The third-order valence-corrected chi connectivity index (χ3v) is 4.68. The van der Waals surface area contributed by atoms with E-state index in [4.69, 9.17) is 14.9 Å². The van der Waals surface area contributed by atoms with Crippen molar-refractivity contribution in [2.45, 2.75) is 5.60 Å². The average molecular weight is 587 g/mol. The molecule has 29 heavy (non-hydrogen) atoms. The van der Waals surface area contributed by atoms with E-state index in [-0.39, 0.29) is 33.9 Å². The molecule has 2 aliphatic heterocycles. The van der Waals surface area contributed by atoms with Crippen LogP contribution in [0, 0.1) is 0 Å². The van der Waals surface area contributed by atoms with Gasteiger partial charge in [0.2, 0.25) is 0 Å². The third-order valence-electron chi connectivity index (χ3n) is 4.68. The van der Waals surface area contributed by atoms with Gasteiger partial charge in [0.25, 0.3) is 0 Å². The van der Waals surface area contributed by atoms with Gasteiger partial charge in [-0.05, 0) is 30.3 Å². The van der Waals surface area contributed by atoms with Gasteiger partial charge in [-0.15, -0.1) is 0 Å². The fourth-order valence-electron chi connectivity index (χ4n) is 3.65. The predicted octanol–water partition coefficient (Wildman–Crippen LogP) is 4.32. The van der Waals surface area contributed by atoms with Crippen molar-refractivity contribution in [2.75, 3.05) is 0 Å². The Morgan fingerprint density at radius 1 is 0.897 bits per heavy atom. The molecule has 5 rings (SSSR count). The number of phenols is 2. The average Bonchev–Trinajstić information content (AvgIpc) is 2.96. The van der Waals surface area contributed by atoms with E-state index >= 15 is 0 Å². The number of rotatable bonds is 0. The Balaban J connectivity index is 0.000000568. The molecule has 2 heterocycles. The van der Waals surface area contributed by atoms with E-state index in [1.54, 1.807) is 24.3 Å². The number of thiocarbonyl (C=S) groups is 1. The Labute approximate surface area is 186 Å². The number of phenolic OH excluding ortho intramolecular Hbond substituents is 2. The van der Waals surface area contributed by atoms with Crippen LogP contribution in [-0.2, 0) is 32.7 Å². The third kappa shape index (κ3) is 3.15. The van der Waals surface area contributed by atoms with Crippen molar-refractivity contribution in [2.24, 2.45) is 0 Å². The van der Waals surface area contributed by atoms with Gasteiger partial charge in [0.15, 0.2) is 5.60 Å². The second-order valence-electron chi connectivity index (χ2n) is 6.17. The van der Waals surface area contributed by atoms with Crippen LogP contribution < -0.4 is 4.74 Å². The maximum absolute atomic E-state index is 12.5. The normalized spacial score (nSPS) is 13.9. The maximum Gasteiger partial charge on any atom is 1.00 e. The van der Waals surface area contributed by atoms with Gasteiger partial charge < -0.3 is 25.1 Å². The van der Waals surface area contributed by atoms with E-state index in [0.717, 1.165) is 0 Å². The van der Waals surface area contributed by atoms with Gasteiger partial charge in [0, 0.05) is 28.8 Å². The van der Waals surface area contributed by atoms with E-state index in [1.165, 1.54) is 29.4 Å². The van der Waals surface area contributed by atoms with Crippen LogP contribution in [0.15, 0.2) is 60.7 Å². The van der Waals surface area contributed by atoms with E-state index < -0.39 is 11.6 Å². The fourth-order valence-corrected chi connectivity index (χ4v) is 3.65. The summed E-state index contributed by atoms with van der Waals surface area (Å²) in [4.78, 5) is 12.5. The smallest absolute Gasteiger partial charge is 0.753 e. The molecule has 1 spiro atoms. The minimum atomic E-state index is -1.17. The van der Waals surface area contributed by atoms with Crippen LogP contribution in [0.2, 0.25) is 0 Å². The SMILES string of the molecule is O=C1OC2(c3ccc(O)cc3Oc3cc(O)ccc32)c2ccccc21.[Au+].[N-]=C=S. The number of carbonyl (C=O) groups excluding carboxylic acids is 1. The molecular weight excluding hydrogens is 575 g/mol. The molecule has 2 N–H and O–H groups in total. The quantitative estimate of drug-likeness (QED) is 0.176. The van der Waals surface area contributed by atoms with Crippen LogP contribution in [0.1, 0.15) is 27.0 Å². The Kier molecular flexibility index (Phi) is 5.61. The fraction of sp³-hybridized carbons (Fsp3) is 0.0476. The van der Waals surface area contributed by atoms with E-state index in [2.05, 4.69) is 12.2 Å². The Bertz CT molecular complexity index is 1110. The molecule has 0 aliphatic carbocycles. The van der Waals surface area contributed by atoms with Crippen molar-refractivity contribution in [1.82, 2.24) is 0 Å². The van der Waals surface area contributed by atoms with Crippen LogP contribution in [0.3, 0.4) is 0 Å². The number of nitrogens with zero attached hydrogens (tertiary/aromatic N) is 1. The number of benzene rings is 3. The van der Waals surface area contributed by atoms with Gasteiger partial charge in [0.05, 0.1) is 5.56 Å². The predicted molar refractivity (Wildman–Crippen MR) is 104 cm³/mol. The summed E-state index contributed by atoms with van der Waals surface area (Å²) in [5.74, 6) is 0.408.